The van der Waals surface area contributed by atoms with E-state index in [4.69, 9.17) is 5.73 Å². The van der Waals surface area contributed by atoms with Crippen molar-refractivity contribution >= 4 is 40.1 Å². The van der Waals surface area contributed by atoms with Gasteiger partial charge in [0.1, 0.15) is 5.75 Å². The van der Waals surface area contributed by atoms with Crippen LogP contribution in [-0.4, -0.2) is 34.1 Å². The fourth-order valence-electron chi connectivity index (χ4n) is 3.40. The monoisotopic (exact) mass is 447 g/mol. The highest BCUT2D eigenvalue weighted by atomic mass is 35.5. The Labute approximate surface area is 191 Å². The number of aromatic amines is 2. The van der Waals surface area contributed by atoms with Gasteiger partial charge in [0.15, 0.2) is 0 Å². The van der Waals surface area contributed by atoms with Gasteiger partial charge in [-0.05, 0) is 67.8 Å². The maximum atomic E-state index is 10.8. The Bertz CT molecular complexity index is 1120. The highest BCUT2D eigenvalue weighted by Gasteiger charge is 2.04. The number of nitrogens with one attached hydrogen (secondary N) is 3. The van der Waals surface area contributed by atoms with Crippen LogP contribution in [0.3, 0.4) is 0 Å². The number of benzene rings is 2. The molecule has 0 saturated heterocycles. The van der Waals surface area contributed by atoms with Gasteiger partial charge in [0.2, 0.25) is 5.91 Å². The van der Waals surface area contributed by atoms with Gasteiger partial charge in [-0.15, -0.1) is 12.4 Å². The van der Waals surface area contributed by atoms with Gasteiger partial charge in [0, 0.05) is 49.1 Å². The summed E-state index contributed by atoms with van der Waals surface area (Å²) in [6, 6.07) is 11.7. The number of H-pyrrole nitrogens is 2. The van der Waals surface area contributed by atoms with Crippen LogP contribution >= 0.6 is 12.4 Å². The van der Waals surface area contributed by atoms with Gasteiger partial charge in [0.25, 0.3) is 0 Å². The summed E-state index contributed by atoms with van der Waals surface area (Å²) in [4.78, 5) is 17.1. The molecule has 2 heterocycles. The molecule has 2 aromatic carbocycles. The predicted octanol–water partition coefficient (Wildman–Crippen LogP) is 4.83. The smallest absolute Gasteiger partial charge is 0.216 e. The van der Waals surface area contributed by atoms with E-state index in [0.717, 1.165) is 34.8 Å². The number of aromatic hydroxyl groups is 1. The van der Waals surface area contributed by atoms with E-state index in [1.165, 1.54) is 16.5 Å². The van der Waals surface area contributed by atoms with Crippen LogP contribution in [0, 0.1) is 6.92 Å². The number of halogens is 1. The summed E-state index contributed by atoms with van der Waals surface area (Å²) in [7, 11) is 0. The Morgan fingerprint density at radius 1 is 1.03 bits per heavy atom. The van der Waals surface area contributed by atoms with Crippen molar-refractivity contribution < 1.29 is 11.3 Å². The summed E-state index contributed by atoms with van der Waals surface area (Å²) in [5, 5.41) is 14.4. The third-order valence-electron chi connectivity index (χ3n) is 4.86. The zero-order valence-electron chi connectivity index (χ0n) is 17.3. The van der Waals surface area contributed by atoms with E-state index in [1.54, 1.807) is 19.1 Å². The summed E-state index contributed by atoms with van der Waals surface area (Å²) in [6.07, 6.45) is 5.66. The number of hydrogen-bond acceptors (Lipinski definition) is 3. The lowest BCUT2D eigenvalue weighted by atomic mass is 10.1. The minimum atomic E-state index is 0. The molecule has 0 atom stereocenters. The molecule has 170 valence electrons. The average molecular weight is 448 g/mol. The molecule has 0 aliphatic carbocycles. The fourth-order valence-corrected chi connectivity index (χ4v) is 3.40. The molecule has 4 aromatic rings. The predicted molar refractivity (Wildman–Crippen MR) is 134 cm³/mol. The second kappa shape index (κ2) is 12.0. The number of carbonyl (C=O) groups excluding carboxylic acids is 1. The van der Waals surface area contributed by atoms with E-state index >= 15 is 0 Å². The minimum Gasteiger partial charge on any atom is -0.508 e. The molecular formula is C24H35ClN4O2. The average Bonchev–Trinajstić information content (AvgIpc) is 3.26. The first-order chi connectivity index (χ1) is 14.0. The van der Waals surface area contributed by atoms with E-state index < -0.39 is 0 Å². The lowest BCUT2D eigenvalue weighted by molar-refractivity contribution is -0.118. The molecule has 0 bridgehead atoms. The first kappa shape index (κ1) is 26.1. The molecule has 6 N–H and O–H groups in total. The van der Waals surface area contributed by atoms with Crippen LogP contribution in [0.25, 0.3) is 21.8 Å². The fraction of sp³-hybridized carbons (Fsp3) is 0.292. The largest absolute Gasteiger partial charge is 0.508 e. The number of fused-ring (bicyclic) bond motifs is 2. The Hall–Kier alpha value is -2.96. The lowest BCUT2D eigenvalue weighted by Gasteiger charge is -2.01. The van der Waals surface area contributed by atoms with Crippen LogP contribution in [-0.2, 0) is 17.6 Å². The maximum absolute atomic E-state index is 10.8. The van der Waals surface area contributed by atoms with Crippen LogP contribution in [0.1, 0.15) is 32.5 Å². The Balaban J connectivity index is 0.000000558. The number of rotatable bonds is 5. The lowest BCUT2D eigenvalue weighted by Crippen LogP contribution is -2.22. The third kappa shape index (κ3) is 6.77. The highest BCUT2D eigenvalue weighted by Crippen LogP contribution is 2.23. The quantitative estimate of drug-likeness (QED) is 0.302. The Morgan fingerprint density at radius 2 is 1.61 bits per heavy atom. The highest BCUT2D eigenvalue weighted by molar-refractivity contribution is 5.85. The molecule has 31 heavy (non-hydrogen) atoms. The molecule has 0 fully saturated rings. The zero-order chi connectivity index (χ0) is 20.8. The number of nitrogens with two attached hydrogens (primary N) is 1. The van der Waals surface area contributed by atoms with Gasteiger partial charge in [-0.1, -0.05) is 19.1 Å². The van der Waals surface area contributed by atoms with E-state index in [2.05, 4.69) is 40.4 Å². The SMILES string of the molecule is C.CC(=O)NCCc1c[nH]c2ccc(C)cc12.Cl.NCCc1c[nH]c2ccc(O)cc12.[2HH]. The molecule has 0 spiro atoms. The Kier molecular flexibility index (Phi) is 10.1. The maximum Gasteiger partial charge on any atom is 0.216 e. The van der Waals surface area contributed by atoms with Crippen molar-refractivity contribution in [2.75, 3.05) is 13.1 Å². The van der Waals surface area contributed by atoms with E-state index in [0.29, 0.717) is 18.8 Å². The van der Waals surface area contributed by atoms with Gasteiger partial charge in [0.05, 0.1) is 0 Å². The zero-order valence-corrected chi connectivity index (χ0v) is 18.1. The second-order valence-corrected chi connectivity index (χ2v) is 7.18. The minimum absolute atomic E-state index is 0. The van der Waals surface area contributed by atoms with Crippen molar-refractivity contribution in [1.29, 1.82) is 0 Å². The molecule has 1 amide bonds. The summed E-state index contributed by atoms with van der Waals surface area (Å²) in [5.74, 6) is 0.321. The third-order valence-corrected chi connectivity index (χ3v) is 4.86. The summed E-state index contributed by atoms with van der Waals surface area (Å²) in [5.41, 5.74) is 11.3. The van der Waals surface area contributed by atoms with Gasteiger partial charge in [-0.25, -0.2) is 0 Å². The number of aryl methyl sites for hydroxylation is 1. The van der Waals surface area contributed by atoms with Gasteiger partial charge < -0.3 is 26.1 Å². The van der Waals surface area contributed by atoms with Crippen LogP contribution in [0.2, 0.25) is 0 Å². The Morgan fingerprint density at radius 3 is 2.23 bits per heavy atom. The molecule has 6 nitrogen and oxygen atoms in total. The summed E-state index contributed by atoms with van der Waals surface area (Å²) >= 11 is 0. The van der Waals surface area contributed by atoms with Crippen molar-refractivity contribution in [2.24, 2.45) is 5.73 Å². The van der Waals surface area contributed by atoms with Gasteiger partial charge in [-0.3, -0.25) is 4.79 Å². The molecule has 7 heteroatoms. The topological polar surface area (TPSA) is 107 Å². The molecule has 2 aromatic heterocycles. The standard InChI is InChI=1S/C13H16N2O.C10H12N2O.CH4.ClH.H2/c1-9-3-4-13-12(7-9)11(8-15-13)5-6-14-10(2)16;11-4-3-7-6-12-10-2-1-8(13)5-9(7)10;;;/h3-4,7-8,15H,5-6H2,1-2H3,(H,14,16);1-2,5-6,12-13H,3-4,11H2;1H4;2*1H/i;;;;1+1. The van der Waals surface area contributed by atoms with Crippen LogP contribution in [0.4, 0.5) is 0 Å². The van der Waals surface area contributed by atoms with Crippen molar-refractivity contribution in [2.45, 2.75) is 34.1 Å². The normalized spacial score (nSPS) is 10.0. The molecule has 0 saturated carbocycles. The van der Waals surface area contributed by atoms with E-state index in [9.17, 15) is 9.90 Å². The second-order valence-electron chi connectivity index (χ2n) is 7.18. The number of phenolic OH excluding ortho intramolecular Hbond substituents is 1. The molecular weight excluding hydrogens is 412 g/mol. The van der Waals surface area contributed by atoms with Crippen molar-refractivity contribution in [1.82, 2.24) is 15.3 Å². The number of aromatic nitrogens is 2. The number of amides is 1. The summed E-state index contributed by atoms with van der Waals surface area (Å²) in [6.45, 7) is 4.95. The molecule has 0 aliphatic heterocycles. The van der Waals surface area contributed by atoms with Gasteiger partial charge >= 0.3 is 0 Å². The first-order valence-corrected chi connectivity index (χ1v) is 9.78. The number of carbonyl (C=O) groups is 1. The molecule has 0 radical (unpaired) electrons. The van der Waals surface area contributed by atoms with E-state index in [-0.39, 0.29) is 27.2 Å². The van der Waals surface area contributed by atoms with Gasteiger partial charge in [-0.2, -0.15) is 0 Å². The van der Waals surface area contributed by atoms with Crippen molar-refractivity contribution in [3.8, 4) is 5.75 Å². The van der Waals surface area contributed by atoms with Crippen LogP contribution in [0.15, 0.2) is 48.8 Å². The molecule has 0 aliphatic rings. The van der Waals surface area contributed by atoms with E-state index in [1.807, 2.05) is 18.5 Å². The first-order valence-electron chi connectivity index (χ1n) is 9.78. The molecule has 4 rings (SSSR count). The van der Waals surface area contributed by atoms with Crippen molar-refractivity contribution in [3.05, 3.63) is 65.5 Å². The number of hydrogen-bond donors (Lipinski definition) is 5. The van der Waals surface area contributed by atoms with Crippen LogP contribution < -0.4 is 11.1 Å². The van der Waals surface area contributed by atoms with Crippen molar-refractivity contribution in [3.63, 3.8) is 0 Å². The number of phenols is 1. The molecule has 0 unspecified atom stereocenters. The van der Waals surface area contributed by atoms with Crippen LogP contribution in [0.5, 0.6) is 5.75 Å². The summed E-state index contributed by atoms with van der Waals surface area (Å²) < 4.78 is 0.